The lowest BCUT2D eigenvalue weighted by Gasteiger charge is -2.20. The van der Waals surface area contributed by atoms with Gasteiger partial charge in [-0.3, -0.25) is 9.79 Å². The summed E-state index contributed by atoms with van der Waals surface area (Å²) in [6.45, 7) is 1.32. The molecule has 0 bridgehead atoms. The summed E-state index contributed by atoms with van der Waals surface area (Å²) in [5.41, 5.74) is 3.54. The molecule has 0 aliphatic heterocycles. The van der Waals surface area contributed by atoms with Gasteiger partial charge in [0.25, 0.3) is 5.91 Å². The summed E-state index contributed by atoms with van der Waals surface area (Å²) >= 11 is 0. The van der Waals surface area contributed by atoms with E-state index in [1.165, 1.54) is 16.0 Å². The fraction of sp³-hybridized carbons (Fsp3) is 0.259. The van der Waals surface area contributed by atoms with E-state index in [2.05, 4.69) is 64.2 Å². The van der Waals surface area contributed by atoms with Crippen molar-refractivity contribution >= 4 is 11.9 Å². The molecular formula is C27H32N4O2. The highest BCUT2D eigenvalue weighted by molar-refractivity contribution is 5.79. The van der Waals surface area contributed by atoms with E-state index in [1.807, 2.05) is 36.4 Å². The number of nitrogens with one attached hydrogen (secondary N) is 2. The van der Waals surface area contributed by atoms with Gasteiger partial charge >= 0.3 is 0 Å². The third-order valence-corrected chi connectivity index (χ3v) is 5.32. The van der Waals surface area contributed by atoms with Crippen LogP contribution in [0.25, 0.3) is 0 Å². The predicted molar refractivity (Wildman–Crippen MR) is 134 cm³/mol. The van der Waals surface area contributed by atoms with Crippen LogP contribution in [-0.4, -0.2) is 51.1 Å². The molecule has 0 aliphatic carbocycles. The van der Waals surface area contributed by atoms with E-state index in [4.69, 9.17) is 4.74 Å². The van der Waals surface area contributed by atoms with E-state index in [-0.39, 0.29) is 18.4 Å². The molecule has 0 saturated carbocycles. The minimum absolute atomic E-state index is 0.0213. The molecule has 172 valence electrons. The van der Waals surface area contributed by atoms with Gasteiger partial charge in [0, 0.05) is 40.2 Å². The van der Waals surface area contributed by atoms with Gasteiger partial charge in [-0.05, 0) is 28.8 Å². The number of amides is 1. The molecule has 2 N–H and O–H groups in total. The summed E-state index contributed by atoms with van der Waals surface area (Å²) in [5, 5.41) is 6.82. The van der Waals surface area contributed by atoms with Gasteiger partial charge in [0.1, 0.15) is 5.75 Å². The smallest absolute Gasteiger partial charge is 0.259 e. The number of likely N-dealkylation sites (N-methyl/N-ethyl adjacent to an activating group) is 1. The van der Waals surface area contributed by atoms with E-state index in [0.29, 0.717) is 18.8 Å². The summed E-state index contributed by atoms with van der Waals surface area (Å²) in [4.78, 5) is 17.6. The van der Waals surface area contributed by atoms with E-state index in [0.717, 1.165) is 11.5 Å². The first-order chi connectivity index (χ1) is 16.1. The van der Waals surface area contributed by atoms with Crippen LogP contribution in [0.1, 0.15) is 22.6 Å². The molecule has 6 heteroatoms. The molecule has 3 aromatic rings. The number of guanidine groups is 1. The maximum atomic E-state index is 11.8. The molecule has 0 saturated heterocycles. The van der Waals surface area contributed by atoms with Crippen molar-refractivity contribution in [1.82, 2.24) is 15.5 Å². The second-order valence-corrected chi connectivity index (χ2v) is 7.90. The molecule has 0 fully saturated rings. The van der Waals surface area contributed by atoms with Gasteiger partial charge in [0.05, 0.1) is 0 Å². The number of hydrogen-bond donors (Lipinski definition) is 2. The molecule has 1 amide bonds. The molecule has 0 spiro atoms. The maximum Gasteiger partial charge on any atom is 0.259 e. The van der Waals surface area contributed by atoms with Crippen LogP contribution < -0.4 is 15.4 Å². The number of aliphatic imine (C=N–C) groups is 1. The largest absolute Gasteiger partial charge is 0.484 e. The van der Waals surface area contributed by atoms with Gasteiger partial charge in [-0.1, -0.05) is 72.8 Å². The Kier molecular flexibility index (Phi) is 8.88. The molecule has 0 aliphatic rings. The van der Waals surface area contributed by atoms with Crippen LogP contribution in [0.4, 0.5) is 0 Å². The van der Waals surface area contributed by atoms with Crippen LogP contribution in [0, 0.1) is 0 Å². The van der Waals surface area contributed by atoms with E-state index in [9.17, 15) is 4.79 Å². The van der Waals surface area contributed by atoms with Crippen LogP contribution in [-0.2, 0) is 11.3 Å². The van der Waals surface area contributed by atoms with Gasteiger partial charge < -0.3 is 20.3 Å². The highest BCUT2D eigenvalue weighted by Crippen LogP contribution is 2.23. The second kappa shape index (κ2) is 12.3. The highest BCUT2D eigenvalue weighted by Gasteiger charge is 2.14. The number of carbonyl (C=O) groups is 1. The lowest BCUT2D eigenvalue weighted by molar-refractivity contribution is -0.130. The Morgan fingerprint density at radius 2 is 1.55 bits per heavy atom. The van der Waals surface area contributed by atoms with Gasteiger partial charge in [-0.2, -0.15) is 0 Å². The van der Waals surface area contributed by atoms with Gasteiger partial charge in [-0.25, -0.2) is 0 Å². The van der Waals surface area contributed by atoms with E-state index in [1.54, 1.807) is 21.1 Å². The third kappa shape index (κ3) is 7.38. The SMILES string of the molecule is CN=C(NCc1cccc(OCC(=O)N(C)C)c1)NCC(c1ccccc1)c1ccccc1. The summed E-state index contributed by atoms with van der Waals surface area (Å²) < 4.78 is 5.61. The van der Waals surface area contributed by atoms with Crippen molar-refractivity contribution < 1.29 is 9.53 Å². The topological polar surface area (TPSA) is 66.0 Å². The predicted octanol–water partition coefficient (Wildman–Crippen LogP) is 3.65. The Morgan fingerprint density at radius 1 is 0.909 bits per heavy atom. The molecule has 6 nitrogen and oxygen atoms in total. The minimum atomic E-state index is -0.0745. The average Bonchev–Trinajstić information content (AvgIpc) is 2.86. The zero-order chi connectivity index (χ0) is 23.5. The molecule has 0 aromatic heterocycles. The fourth-order valence-electron chi connectivity index (χ4n) is 3.42. The van der Waals surface area contributed by atoms with E-state index < -0.39 is 0 Å². The monoisotopic (exact) mass is 444 g/mol. The van der Waals surface area contributed by atoms with Crippen molar-refractivity contribution in [3.8, 4) is 5.75 Å². The number of nitrogens with zero attached hydrogens (tertiary/aromatic N) is 2. The number of carbonyl (C=O) groups excluding carboxylic acids is 1. The number of rotatable bonds is 9. The Balaban J connectivity index is 1.59. The summed E-state index contributed by atoms with van der Waals surface area (Å²) in [7, 11) is 5.19. The molecule has 0 radical (unpaired) electrons. The van der Waals surface area contributed by atoms with Crippen LogP contribution in [0.2, 0.25) is 0 Å². The number of ether oxygens (including phenoxy) is 1. The Bertz CT molecular complexity index is 997. The molecule has 0 unspecified atom stereocenters. The molecule has 3 aromatic carbocycles. The van der Waals surface area contributed by atoms with E-state index >= 15 is 0 Å². The van der Waals surface area contributed by atoms with Crippen LogP contribution in [0.3, 0.4) is 0 Å². The van der Waals surface area contributed by atoms with Gasteiger partial charge in [-0.15, -0.1) is 0 Å². The zero-order valence-corrected chi connectivity index (χ0v) is 19.5. The number of benzene rings is 3. The minimum Gasteiger partial charge on any atom is -0.484 e. The normalized spacial score (nSPS) is 11.2. The second-order valence-electron chi connectivity index (χ2n) is 7.90. The molecule has 0 atom stereocenters. The van der Waals surface area contributed by atoms with Crippen molar-refractivity contribution in [3.63, 3.8) is 0 Å². The van der Waals surface area contributed by atoms with Gasteiger partial charge in [0.15, 0.2) is 12.6 Å². The van der Waals surface area contributed by atoms with Crippen molar-refractivity contribution in [1.29, 1.82) is 0 Å². The lowest BCUT2D eigenvalue weighted by Crippen LogP contribution is -2.39. The Labute approximate surface area is 196 Å². The van der Waals surface area contributed by atoms with Crippen LogP contribution in [0.15, 0.2) is 89.9 Å². The van der Waals surface area contributed by atoms with Crippen molar-refractivity contribution in [2.24, 2.45) is 4.99 Å². The average molecular weight is 445 g/mol. The summed E-state index contributed by atoms with van der Waals surface area (Å²) in [6.07, 6.45) is 0. The molecular weight excluding hydrogens is 412 g/mol. The highest BCUT2D eigenvalue weighted by atomic mass is 16.5. The standard InChI is InChI=1S/C27H32N4O2/c1-28-27(29-18-21-11-10-16-24(17-21)33-20-26(32)31(2)3)30-19-25(22-12-6-4-7-13-22)23-14-8-5-9-15-23/h4-17,25H,18-20H2,1-3H3,(H2,28,29,30). The van der Waals surface area contributed by atoms with Crippen LogP contribution >= 0.6 is 0 Å². The third-order valence-electron chi connectivity index (χ3n) is 5.32. The first kappa shape index (κ1) is 23.9. The van der Waals surface area contributed by atoms with Crippen molar-refractivity contribution in [2.75, 3.05) is 34.3 Å². The summed E-state index contributed by atoms with van der Waals surface area (Å²) in [5.74, 6) is 1.52. The Morgan fingerprint density at radius 3 is 2.12 bits per heavy atom. The van der Waals surface area contributed by atoms with Crippen molar-refractivity contribution in [3.05, 3.63) is 102 Å². The molecule has 0 heterocycles. The molecule has 3 rings (SSSR count). The first-order valence-corrected chi connectivity index (χ1v) is 11.0. The summed E-state index contributed by atoms with van der Waals surface area (Å²) in [6, 6.07) is 28.7. The molecule has 33 heavy (non-hydrogen) atoms. The first-order valence-electron chi connectivity index (χ1n) is 11.0. The zero-order valence-electron chi connectivity index (χ0n) is 19.5. The van der Waals surface area contributed by atoms with Gasteiger partial charge in [0.2, 0.25) is 0 Å². The van der Waals surface area contributed by atoms with Crippen LogP contribution in [0.5, 0.6) is 5.75 Å². The Hall–Kier alpha value is -3.80. The van der Waals surface area contributed by atoms with Crippen molar-refractivity contribution in [2.45, 2.75) is 12.5 Å². The quantitative estimate of drug-likeness (QED) is 0.391. The maximum absolute atomic E-state index is 11.8. The fourth-order valence-corrected chi connectivity index (χ4v) is 3.42. The number of hydrogen-bond acceptors (Lipinski definition) is 3. The lowest BCUT2D eigenvalue weighted by atomic mass is 9.91.